The second-order valence-corrected chi connectivity index (χ2v) is 3.51. The van der Waals surface area contributed by atoms with Crippen LogP contribution in [0.5, 0.6) is 5.75 Å². The molecule has 1 aromatic rings. The van der Waals surface area contributed by atoms with Gasteiger partial charge in [0.1, 0.15) is 5.75 Å². The van der Waals surface area contributed by atoms with Gasteiger partial charge in [-0.3, -0.25) is 4.79 Å². The Morgan fingerprint density at radius 3 is 2.69 bits per heavy atom. The smallest absolute Gasteiger partial charge is 0.226 e. The van der Waals surface area contributed by atoms with E-state index in [1.54, 1.807) is 13.2 Å². The number of carbonyl (C=O) groups is 1. The molecule has 1 aromatic carbocycles. The minimum Gasteiger partial charge on any atom is -0.496 e. The summed E-state index contributed by atoms with van der Waals surface area (Å²) < 4.78 is 5.07. The number of likely N-dealkylation sites (N-methyl/N-ethyl adjacent to an activating group) is 1. The summed E-state index contributed by atoms with van der Waals surface area (Å²) in [7, 11) is 1.60. The first kappa shape index (κ1) is 12.6. The van der Waals surface area contributed by atoms with Crippen LogP contribution in [0.15, 0.2) is 18.2 Å². The van der Waals surface area contributed by atoms with Crippen LogP contribution in [0.3, 0.4) is 0 Å². The molecule has 0 N–H and O–H groups in total. The molecule has 0 aliphatic rings. The Kier molecular flexibility index (Phi) is 4.83. The number of amides is 1. The van der Waals surface area contributed by atoms with Gasteiger partial charge in [0.15, 0.2) is 0 Å². The zero-order valence-electron chi connectivity index (χ0n) is 10.1. The highest BCUT2D eigenvalue weighted by Gasteiger charge is 2.10. The van der Waals surface area contributed by atoms with Crippen LogP contribution in [0, 0.1) is 6.07 Å². The molecular formula is C13H18NO2. The number of benzene rings is 1. The van der Waals surface area contributed by atoms with E-state index in [9.17, 15) is 4.79 Å². The van der Waals surface area contributed by atoms with Crippen molar-refractivity contribution in [2.75, 3.05) is 20.2 Å². The van der Waals surface area contributed by atoms with Crippen LogP contribution in [-0.4, -0.2) is 31.0 Å². The van der Waals surface area contributed by atoms with E-state index in [0.717, 1.165) is 18.7 Å². The molecule has 0 aliphatic carbocycles. The van der Waals surface area contributed by atoms with Crippen LogP contribution in [0.4, 0.5) is 0 Å². The second-order valence-electron chi connectivity index (χ2n) is 3.51. The Morgan fingerprint density at radius 2 is 2.12 bits per heavy atom. The summed E-state index contributed by atoms with van der Waals surface area (Å²) in [6.07, 6.45) is 0.423. The molecule has 1 amide bonds. The SMILES string of the molecule is CCN(CC)C(=O)Cc1cc[c]c(OC)c1. The quantitative estimate of drug-likeness (QED) is 0.758. The summed E-state index contributed by atoms with van der Waals surface area (Å²) in [6, 6.07) is 8.46. The molecule has 1 radical (unpaired) electrons. The van der Waals surface area contributed by atoms with E-state index in [1.165, 1.54) is 0 Å². The average Bonchev–Trinajstić information content (AvgIpc) is 2.31. The number of rotatable bonds is 5. The van der Waals surface area contributed by atoms with E-state index in [0.29, 0.717) is 12.2 Å². The van der Waals surface area contributed by atoms with E-state index in [-0.39, 0.29) is 5.91 Å². The number of ether oxygens (including phenoxy) is 1. The van der Waals surface area contributed by atoms with Crippen molar-refractivity contribution in [3.8, 4) is 5.75 Å². The van der Waals surface area contributed by atoms with Crippen molar-refractivity contribution in [1.82, 2.24) is 4.90 Å². The van der Waals surface area contributed by atoms with E-state index >= 15 is 0 Å². The third kappa shape index (κ3) is 3.26. The number of hydrogen-bond acceptors (Lipinski definition) is 2. The number of methoxy groups -OCH3 is 1. The van der Waals surface area contributed by atoms with Gasteiger partial charge in [0.2, 0.25) is 5.91 Å². The maximum atomic E-state index is 11.8. The highest BCUT2D eigenvalue weighted by atomic mass is 16.5. The summed E-state index contributed by atoms with van der Waals surface area (Å²) in [5.74, 6) is 0.822. The Balaban J connectivity index is 2.68. The molecule has 87 valence electrons. The van der Waals surface area contributed by atoms with Crippen LogP contribution in [-0.2, 0) is 11.2 Å². The lowest BCUT2D eigenvalue weighted by molar-refractivity contribution is -0.130. The Bertz CT molecular complexity index is 346. The van der Waals surface area contributed by atoms with Gasteiger partial charge in [0.25, 0.3) is 0 Å². The van der Waals surface area contributed by atoms with Crippen molar-refractivity contribution >= 4 is 5.91 Å². The lowest BCUT2D eigenvalue weighted by Gasteiger charge is -2.18. The monoisotopic (exact) mass is 220 g/mol. The fraction of sp³-hybridized carbons (Fsp3) is 0.462. The summed E-state index contributed by atoms with van der Waals surface area (Å²) in [4.78, 5) is 13.7. The molecule has 0 aromatic heterocycles. The number of hydrogen-bond donors (Lipinski definition) is 0. The molecule has 0 heterocycles. The molecule has 0 atom stereocenters. The van der Waals surface area contributed by atoms with E-state index < -0.39 is 0 Å². The lowest BCUT2D eigenvalue weighted by atomic mass is 10.1. The molecular weight excluding hydrogens is 202 g/mol. The highest BCUT2D eigenvalue weighted by molar-refractivity contribution is 5.78. The van der Waals surface area contributed by atoms with Crippen molar-refractivity contribution in [1.29, 1.82) is 0 Å². The van der Waals surface area contributed by atoms with Gasteiger partial charge in [-0.15, -0.1) is 0 Å². The molecule has 3 nitrogen and oxygen atoms in total. The molecule has 0 spiro atoms. The maximum absolute atomic E-state index is 11.8. The van der Waals surface area contributed by atoms with E-state index in [2.05, 4.69) is 6.07 Å². The average molecular weight is 220 g/mol. The minimum absolute atomic E-state index is 0.151. The van der Waals surface area contributed by atoms with E-state index in [4.69, 9.17) is 4.74 Å². The Hall–Kier alpha value is -1.51. The molecule has 0 aliphatic heterocycles. The molecule has 0 saturated carbocycles. The zero-order valence-corrected chi connectivity index (χ0v) is 10.1. The Labute approximate surface area is 97.0 Å². The van der Waals surface area contributed by atoms with Crippen LogP contribution in [0.25, 0.3) is 0 Å². The number of carbonyl (C=O) groups excluding carboxylic acids is 1. The number of nitrogens with zero attached hydrogens (tertiary/aromatic N) is 1. The molecule has 1 rings (SSSR count). The second kappa shape index (κ2) is 6.16. The Morgan fingerprint density at radius 1 is 1.44 bits per heavy atom. The molecule has 0 bridgehead atoms. The van der Waals surface area contributed by atoms with Gasteiger partial charge in [-0.25, -0.2) is 0 Å². The summed E-state index contributed by atoms with van der Waals surface area (Å²) in [5.41, 5.74) is 0.965. The maximum Gasteiger partial charge on any atom is 0.226 e. The van der Waals surface area contributed by atoms with Crippen molar-refractivity contribution in [3.05, 3.63) is 29.8 Å². The van der Waals surface area contributed by atoms with E-state index in [1.807, 2.05) is 30.9 Å². The van der Waals surface area contributed by atoms with Gasteiger partial charge in [0.05, 0.1) is 13.5 Å². The molecule has 16 heavy (non-hydrogen) atoms. The van der Waals surface area contributed by atoms with Crippen LogP contribution in [0.1, 0.15) is 19.4 Å². The van der Waals surface area contributed by atoms with Crippen LogP contribution >= 0.6 is 0 Å². The van der Waals surface area contributed by atoms with Crippen molar-refractivity contribution in [2.24, 2.45) is 0 Å². The standard InChI is InChI=1S/C13H18NO2/c1-4-14(5-2)13(15)10-11-7-6-8-12(9-11)16-3/h6-7,9H,4-5,10H2,1-3H3. The third-order valence-electron chi connectivity index (χ3n) is 2.53. The largest absolute Gasteiger partial charge is 0.496 e. The van der Waals surface area contributed by atoms with Gasteiger partial charge >= 0.3 is 0 Å². The van der Waals surface area contributed by atoms with Gasteiger partial charge in [0, 0.05) is 19.2 Å². The van der Waals surface area contributed by atoms with Gasteiger partial charge in [-0.05, 0) is 25.5 Å². The van der Waals surface area contributed by atoms with Crippen molar-refractivity contribution in [2.45, 2.75) is 20.3 Å². The fourth-order valence-corrected chi connectivity index (χ4v) is 1.58. The van der Waals surface area contributed by atoms with Crippen molar-refractivity contribution < 1.29 is 9.53 Å². The molecule has 0 saturated heterocycles. The molecule has 0 fully saturated rings. The summed E-state index contributed by atoms with van der Waals surface area (Å²) in [6.45, 7) is 5.48. The zero-order chi connectivity index (χ0) is 12.0. The summed E-state index contributed by atoms with van der Waals surface area (Å²) in [5, 5.41) is 0. The lowest BCUT2D eigenvalue weighted by Crippen LogP contribution is -2.31. The van der Waals surface area contributed by atoms with Crippen LogP contribution < -0.4 is 4.74 Å². The fourth-order valence-electron chi connectivity index (χ4n) is 1.58. The van der Waals surface area contributed by atoms with Gasteiger partial charge < -0.3 is 9.64 Å². The molecule has 3 heteroatoms. The summed E-state index contributed by atoms with van der Waals surface area (Å²) >= 11 is 0. The first-order valence-corrected chi connectivity index (χ1v) is 5.53. The topological polar surface area (TPSA) is 29.5 Å². The third-order valence-corrected chi connectivity index (χ3v) is 2.53. The van der Waals surface area contributed by atoms with Crippen LogP contribution in [0.2, 0.25) is 0 Å². The first-order chi connectivity index (χ1) is 7.71. The van der Waals surface area contributed by atoms with Gasteiger partial charge in [-0.1, -0.05) is 12.1 Å². The highest BCUT2D eigenvalue weighted by Crippen LogP contribution is 2.12. The van der Waals surface area contributed by atoms with Crippen molar-refractivity contribution in [3.63, 3.8) is 0 Å². The molecule has 0 unspecified atom stereocenters. The first-order valence-electron chi connectivity index (χ1n) is 5.53. The minimum atomic E-state index is 0.151. The predicted octanol–water partition coefficient (Wildman–Crippen LogP) is 1.91. The normalized spacial score (nSPS) is 9.94. The van der Waals surface area contributed by atoms with Gasteiger partial charge in [-0.2, -0.15) is 0 Å². The predicted molar refractivity (Wildman–Crippen MR) is 63.5 cm³/mol.